The molecule has 1 saturated heterocycles. The van der Waals surface area contributed by atoms with Gasteiger partial charge in [-0.05, 0) is 101 Å². The van der Waals surface area contributed by atoms with Crippen molar-refractivity contribution in [3.05, 3.63) is 64.0 Å². The molecule has 2 aromatic carbocycles. The van der Waals surface area contributed by atoms with Gasteiger partial charge >= 0.3 is 0 Å². The predicted molar refractivity (Wildman–Crippen MR) is 164 cm³/mol. The maximum atomic E-state index is 14.4. The van der Waals surface area contributed by atoms with Crippen LogP contribution in [0.5, 0.6) is 5.75 Å². The van der Waals surface area contributed by atoms with Crippen molar-refractivity contribution in [1.29, 1.82) is 0 Å². The molecule has 0 radical (unpaired) electrons. The Morgan fingerprint density at radius 2 is 1.81 bits per heavy atom. The Hall–Kier alpha value is -4.14. The minimum atomic E-state index is -1.12. The number of ether oxygens (including phenoxy) is 1. The van der Waals surface area contributed by atoms with E-state index < -0.39 is 6.08 Å². The van der Waals surface area contributed by atoms with Crippen LogP contribution in [0.25, 0.3) is 5.69 Å². The van der Waals surface area contributed by atoms with E-state index in [-0.39, 0.29) is 35.4 Å². The van der Waals surface area contributed by atoms with Crippen LogP contribution in [-0.2, 0) is 4.79 Å². The highest BCUT2D eigenvalue weighted by Gasteiger charge is 2.39. The Balaban J connectivity index is 1.60. The minimum Gasteiger partial charge on any atom is -0.491 e. The van der Waals surface area contributed by atoms with E-state index >= 15 is 0 Å². The lowest BCUT2D eigenvalue weighted by Gasteiger charge is -2.35. The number of nitrogens with zero attached hydrogens (tertiary/aromatic N) is 4. The van der Waals surface area contributed by atoms with E-state index in [1.54, 1.807) is 36.5 Å². The molecule has 9 heteroatoms. The van der Waals surface area contributed by atoms with E-state index in [1.165, 1.54) is 0 Å². The Labute approximate surface area is 249 Å². The molecular formula is C33H41N5O4. The number of fused-ring (bicyclic) bond motifs is 1. The van der Waals surface area contributed by atoms with Gasteiger partial charge in [0.2, 0.25) is 5.91 Å². The lowest BCUT2D eigenvalue weighted by molar-refractivity contribution is -0.120. The molecule has 2 aliphatic rings. The molecule has 1 aromatic heterocycles. The van der Waals surface area contributed by atoms with Crippen molar-refractivity contribution in [1.82, 2.24) is 15.1 Å². The predicted octanol–water partition coefficient (Wildman–Crippen LogP) is 5.61. The van der Waals surface area contributed by atoms with E-state index in [0.717, 1.165) is 40.9 Å². The summed E-state index contributed by atoms with van der Waals surface area (Å²) in [5, 5.41) is 7.39. The third-order valence-electron chi connectivity index (χ3n) is 8.48. The number of carbonyl (C=O) groups excluding carboxylic acids is 3. The van der Waals surface area contributed by atoms with Gasteiger partial charge in [0.1, 0.15) is 11.4 Å². The molecular weight excluding hydrogens is 530 g/mol. The molecule has 0 spiro atoms. The molecule has 1 N–H and O–H groups in total. The van der Waals surface area contributed by atoms with Crippen molar-refractivity contribution in [3.63, 3.8) is 0 Å². The summed E-state index contributed by atoms with van der Waals surface area (Å²) >= 11 is 0. The van der Waals surface area contributed by atoms with Gasteiger partial charge in [-0.3, -0.25) is 14.4 Å². The molecule has 3 aromatic rings. The maximum Gasteiger partial charge on any atom is 0.277 e. The number of nitrogens with one attached hydrogen (secondary N) is 1. The van der Waals surface area contributed by atoms with Crippen molar-refractivity contribution in [3.8, 4) is 11.4 Å². The number of hydrogen-bond donors (Lipinski definition) is 1. The zero-order chi connectivity index (χ0) is 31.4. The molecule has 5 rings (SSSR count). The quantitative estimate of drug-likeness (QED) is 0.414. The van der Waals surface area contributed by atoms with Gasteiger partial charge in [0, 0.05) is 48.9 Å². The fraction of sp³-hybridized carbons (Fsp3) is 0.455. The molecule has 0 saturated carbocycles. The monoisotopic (exact) mass is 572 g/mol. The first-order valence-electron chi connectivity index (χ1n) is 15.1. The number of carbonyl (C=O) groups is 3. The summed E-state index contributed by atoms with van der Waals surface area (Å²) in [5.74, 6) is -0.0814. The number of rotatable bonds is 6. The van der Waals surface area contributed by atoms with Crippen LogP contribution in [0.2, 0.25) is 0 Å². The van der Waals surface area contributed by atoms with Gasteiger partial charge in [0.05, 0.1) is 13.1 Å². The third kappa shape index (κ3) is 4.95. The summed E-state index contributed by atoms with van der Waals surface area (Å²) in [7, 11) is 1.55. The molecule has 42 heavy (non-hydrogen) atoms. The fourth-order valence-corrected chi connectivity index (χ4v) is 6.22. The second-order valence-corrected chi connectivity index (χ2v) is 11.7. The van der Waals surface area contributed by atoms with Gasteiger partial charge in [-0.15, -0.1) is 0 Å². The van der Waals surface area contributed by atoms with E-state index in [1.807, 2.05) is 56.9 Å². The highest BCUT2D eigenvalue weighted by atomic mass is 16.5. The van der Waals surface area contributed by atoms with E-state index in [0.29, 0.717) is 35.7 Å². The smallest absolute Gasteiger partial charge is 0.277 e. The van der Waals surface area contributed by atoms with Crippen molar-refractivity contribution in [2.75, 3.05) is 23.4 Å². The largest absolute Gasteiger partial charge is 0.491 e. The Bertz CT molecular complexity index is 1620. The molecule has 2 unspecified atom stereocenters. The maximum absolute atomic E-state index is 14.4. The summed E-state index contributed by atoms with van der Waals surface area (Å²) in [6.45, 7) is 13.6. The van der Waals surface area contributed by atoms with Gasteiger partial charge in [-0.2, -0.15) is 5.10 Å². The average molecular weight is 573 g/mol. The van der Waals surface area contributed by atoms with Crippen LogP contribution in [0.1, 0.15) is 97.5 Å². The van der Waals surface area contributed by atoms with Crippen molar-refractivity contribution in [2.45, 2.75) is 85.8 Å². The summed E-state index contributed by atoms with van der Waals surface area (Å²) in [4.78, 5) is 43.7. The number of hydrogen-bond acceptors (Lipinski definition) is 5. The number of aromatic nitrogens is 2. The molecule has 0 aliphatic carbocycles. The van der Waals surface area contributed by atoms with Gasteiger partial charge in [-0.25, -0.2) is 4.68 Å². The van der Waals surface area contributed by atoms with Crippen LogP contribution in [0.4, 0.5) is 11.4 Å². The molecule has 1 fully saturated rings. The summed E-state index contributed by atoms with van der Waals surface area (Å²) in [6.07, 6.45) is 1.29. The SMILES string of the molecule is [2H]C(C)(C)Oc1ccc(-n2nc(C(=O)NC)c3c2C(=O)N(c2ccc(N4C(=O)CCCC4C)cc2C)CC3C)c(C)c1C. The standard InChI is InChI=1S/C33H41N5O4/c1-18(2)42-27-15-14-26(22(6)23(27)7)38-31-29(30(35-38)32(40)34-8)20(4)17-36(33(31)41)25-13-12-24(16-19(25)3)37-21(5)10-9-11-28(37)39/h12-16,18,20-21H,9-11,17H2,1-8H3,(H,34,40)/i18D. The van der Waals surface area contributed by atoms with E-state index in [2.05, 4.69) is 12.2 Å². The van der Waals surface area contributed by atoms with Crippen molar-refractivity contribution < 1.29 is 20.5 Å². The van der Waals surface area contributed by atoms with Crippen LogP contribution >= 0.6 is 0 Å². The first kappa shape index (κ1) is 28.0. The van der Waals surface area contributed by atoms with Gasteiger partial charge < -0.3 is 19.9 Å². The molecule has 9 nitrogen and oxygen atoms in total. The lowest BCUT2D eigenvalue weighted by atomic mass is 9.92. The summed E-state index contributed by atoms with van der Waals surface area (Å²) < 4.78 is 15.6. The van der Waals surface area contributed by atoms with Crippen LogP contribution < -0.4 is 19.9 Å². The first-order valence-corrected chi connectivity index (χ1v) is 14.6. The zero-order valence-corrected chi connectivity index (χ0v) is 25.8. The first-order chi connectivity index (χ1) is 20.2. The molecule has 3 heterocycles. The molecule has 2 atom stereocenters. The highest BCUT2D eigenvalue weighted by molar-refractivity contribution is 6.10. The Morgan fingerprint density at radius 1 is 1.10 bits per heavy atom. The van der Waals surface area contributed by atoms with E-state index in [9.17, 15) is 14.4 Å². The highest BCUT2D eigenvalue weighted by Crippen LogP contribution is 2.39. The molecule has 2 aliphatic heterocycles. The number of aryl methyl sites for hydroxylation is 1. The van der Waals surface area contributed by atoms with Crippen molar-refractivity contribution in [2.24, 2.45) is 0 Å². The summed E-state index contributed by atoms with van der Waals surface area (Å²) in [5.41, 5.74) is 5.98. The lowest BCUT2D eigenvalue weighted by Crippen LogP contribution is -2.42. The minimum absolute atomic E-state index is 0.122. The van der Waals surface area contributed by atoms with Crippen molar-refractivity contribution >= 4 is 29.1 Å². The van der Waals surface area contributed by atoms with Crippen LogP contribution in [-0.4, -0.2) is 53.2 Å². The van der Waals surface area contributed by atoms with E-state index in [4.69, 9.17) is 11.2 Å². The molecule has 222 valence electrons. The Morgan fingerprint density at radius 3 is 2.45 bits per heavy atom. The van der Waals surface area contributed by atoms with Gasteiger partial charge in [0.15, 0.2) is 5.69 Å². The second kappa shape index (κ2) is 11.3. The number of benzene rings is 2. The normalized spacial score (nSPS) is 19.5. The third-order valence-corrected chi connectivity index (χ3v) is 8.48. The van der Waals surface area contributed by atoms with Crippen LogP contribution in [0.3, 0.4) is 0 Å². The van der Waals surface area contributed by atoms with Crippen LogP contribution in [0, 0.1) is 20.8 Å². The number of amides is 3. The summed E-state index contributed by atoms with van der Waals surface area (Å²) in [6, 6.07) is 9.54. The molecule has 3 amide bonds. The topological polar surface area (TPSA) is 96.8 Å². The van der Waals surface area contributed by atoms with Gasteiger partial charge in [-0.1, -0.05) is 6.92 Å². The Kier molecular flexibility index (Phi) is 7.51. The fourth-order valence-electron chi connectivity index (χ4n) is 6.22. The van der Waals surface area contributed by atoms with Gasteiger partial charge in [0.25, 0.3) is 11.8 Å². The second-order valence-electron chi connectivity index (χ2n) is 11.7. The number of anilines is 2. The van der Waals surface area contributed by atoms with Crippen LogP contribution in [0.15, 0.2) is 30.3 Å². The number of piperidine rings is 1. The zero-order valence-electron chi connectivity index (χ0n) is 26.8. The average Bonchev–Trinajstić information content (AvgIpc) is 3.34. The molecule has 0 bridgehead atoms.